The maximum Gasteiger partial charge on any atom is 0.323 e. The van der Waals surface area contributed by atoms with Crippen molar-refractivity contribution < 1.29 is 14.3 Å². The highest BCUT2D eigenvalue weighted by atomic mass is 16.5. The van der Waals surface area contributed by atoms with Crippen LogP contribution in [0.25, 0.3) is 11.0 Å². The van der Waals surface area contributed by atoms with E-state index < -0.39 is 0 Å². The van der Waals surface area contributed by atoms with Crippen LogP contribution < -0.4 is 25.0 Å². The van der Waals surface area contributed by atoms with E-state index in [9.17, 15) is 4.79 Å². The third-order valence-electron chi connectivity index (χ3n) is 7.03. The fraction of sp³-hybridized carbons (Fsp3) is 0.310. The molecule has 1 saturated heterocycles. The molecule has 8 nitrogen and oxygen atoms in total. The zero-order chi connectivity index (χ0) is 25.8. The summed E-state index contributed by atoms with van der Waals surface area (Å²) in [6.07, 6.45) is 7.11. The normalized spacial score (nSPS) is 15.4. The highest BCUT2D eigenvalue weighted by Crippen LogP contribution is 2.37. The molecule has 1 aliphatic heterocycles. The summed E-state index contributed by atoms with van der Waals surface area (Å²) in [7, 11) is 3.12. The number of fused-ring (bicyclic) bond motifs is 1. The molecule has 2 aromatic carbocycles. The van der Waals surface area contributed by atoms with Crippen LogP contribution in [0, 0.1) is 0 Å². The van der Waals surface area contributed by atoms with E-state index in [1.807, 2.05) is 30.6 Å². The van der Waals surface area contributed by atoms with E-state index in [4.69, 9.17) is 9.47 Å². The van der Waals surface area contributed by atoms with Crippen LogP contribution in [0.1, 0.15) is 36.8 Å². The van der Waals surface area contributed by atoms with E-state index in [0.29, 0.717) is 23.1 Å². The van der Waals surface area contributed by atoms with Crippen LogP contribution in [0.5, 0.6) is 11.5 Å². The van der Waals surface area contributed by atoms with E-state index in [-0.39, 0.29) is 6.03 Å². The maximum absolute atomic E-state index is 12.9. The van der Waals surface area contributed by atoms with Gasteiger partial charge in [0.1, 0.15) is 22.8 Å². The summed E-state index contributed by atoms with van der Waals surface area (Å²) in [6.45, 7) is 4.13. The van der Waals surface area contributed by atoms with Crippen molar-refractivity contribution in [3.05, 3.63) is 72.1 Å². The molecular weight excluding hydrogens is 466 g/mol. The molecule has 8 heteroatoms. The van der Waals surface area contributed by atoms with Gasteiger partial charge in [0.25, 0.3) is 0 Å². The van der Waals surface area contributed by atoms with Crippen LogP contribution in [0.15, 0.2) is 60.9 Å². The van der Waals surface area contributed by atoms with E-state index in [1.165, 1.54) is 22.2 Å². The number of piperidine rings is 1. The Morgan fingerprint density at radius 2 is 1.89 bits per heavy atom. The lowest BCUT2D eigenvalue weighted by Crippen LogP contribution is -2.35. The van der Waals surface area contributed by atoms with E-state index >= 15 is 0 Å². The molecule has 192 valence electrons. The average Bonchev–Trinajstić information content (AvgIpc) is 3.41. The number of aromatic nitrogens is 2. The molecule has 1 aliphatic rings. The summed E-state index contributed by atoms with van der Waals surface area (Å²) in [5.74, 6) is 1.43. The Kier molecular flexibility index (Phi) is 7.16. The number of urea groups is 1. The molecule has 3 N–H and O–H groups in total. The maximum atomic E-state index is 12.9. The molecule has 1 unspecified atom stereocenters. The first-order chi connectivity index (χ1) is 18.1. The zero-order valence-electron chi connectivity index (χ0n) is 21.5. The number of nitrogens with one attached hydrogen (secondary N) is 3. The van der Waals surface area contributed by atoms with Gasteiger partial charge in [-0.2, -0.15) is 0 Å². The molecule has 3 heterocycles. The summed E-state index contributed by atoms with van der Waals surface area (Å²) in [6, 6.07) is 15.3. The smallest absolute Gasteiger partial charge is 0.323 e. The predicted molar refractivity (Wildman–Crippen MR) is 148 cm³/mol. The van der Waals surface area contributed by atoms with Crippen molar-refractivity contribution in [3.63, 3.8) is 0 Å². The number of methoxy groups -OCH3 is 2. The number of carbonyl (C=O) groups is 1. The molecule has 0 bridgehead atoms. The minimum absolute atomic E-state index is 0.357. The lowest BCUT2D eigenvalue weighted by atomic mass is 9.89. The highest BCUT2D eigenvalue weighted by molar-refractivity contribution is 6.01. The van der Waals surface area contributed by atoms with Gasteiger partial charge >= 0.3 is 6.03 Å². The number of aryl methyl sites for hydroxylation is 1. The van der Waals surface area contributed by atoms with Gasteiger partial charge in [-0.1, -0.05) is 25.1 Å². The third kappa shape index (κ3) is 5.05. The third-order valence-corrected chi connectivity index (χ3v) is 7.03. The number of anilines is 3. The molecular formula is C29H33N5O3. The Hall–Kier alpha value is -4.20. The van der Waals surface area contributed by atoms with Crippen LogP contribution >= 0.6 is 0 Å². The summed E-state index contributed by atoms with van der Waals surface area (Å²) < 4.78 is 10.8. The average molecular weight is 500 g/mol. The first-order valence-corrected chi connectivity index (χ1v) is 12.7. The molecule has 2 amide bonds. The van der Waals surface area contributed by atoms with Crippen molar-refractivity contribution in [2.75, 3.05) is 42.8 Å². The lowest BCUT2D eigenvalue weighted by Gasteiger charge is -2.36. The Balaban J connectivity index is 1.33. The standard InChI is InChI=1S/C29H33N5O3/c1-4-19-17-31-28-23(13-14-30-28)27(19)34-15-7-9-21(18-34)20-8-5-10-22(16-20)32-29(35)33-26-24(36-2)11-6-12-25(26)37-3/h5-6,8,10-14,16-17,21H,4,7,9,15,18H2,1-3H3,(H,30,31)(H2,32,33,35). The summed E-state index contributed by atoms with van der Waals surface area (Å²) in [5, 5.41) is 7.01. The fourth-order valence-electron chi connectivity index (χ4n) is 5.24. The van der Waals surface area contributed by atoms with Gasteiger partial charge in [0, 0.05) is 42.5 Å². The first kappa shape index (κ1) is 24.5. The minimum Gasteiger partial charge on any atom is -0.494 e. The minimum atomic E-state index is -0.357. The largest absolute Gasteiger partial charge is 0.494 e. The van der Waals surface area contributed by atoms with Crippen molar-refractivity contribution in [1.82, 2.24) is 9.97 Å². The van der Waals surface area contributed by atoms with Gasteiger partial charge in [0.15, 0.2) is 0 Å². The molecule has 2 aromatic heterocycles. The molecule has 0 saturated carbocycles. The number of rotatable bonds is 7. The second kappa shape index (κ2) is 10.8. The number of aromatic amines is 1. The second-order valence-electron chi connectivity index (χ2n) is 9.25. The van der Waals surface area contributed by atoms with E-state index in [2.05, 4.69) is 50.6 Å². The summed E-state index contributed by atoms with van der Waals surface area (Å²) >= 11 is 0. The Labute approximate surface area is 217 Å². The lowest BCUT2D eigenvalue weighted by molar-refractivity contribution is 0.262. The summed E-state index contributed by atoms with van der Waals surface area (Å²) in [4.78, 5) is 23.2. The predicted octanol–water partition coefficient (Wildman–Crippen LogP) is 6.17. The van der Waals surface area contributed by atoms with Crippen LogP contribution in [-0.2, 0) is 6.42 Å². The van der Waals surface area contributed by atoms with Gasteiger partial charge in [0.05, 0.1) is 19.9 Å². The molecule has 1 atom stereocenters. The number of H-pyrrole nitrogens is 1. The van der Waals surface area contributed by atoms with Crippen LogP contribution in [0.4, 0.5) is 21.9 Å². The number of benzene rings is 2. The number of hydrogen-bond acceptors (Lipinski definition) is 5. The van der Waals surface area contributed by atoms with Crippen molar-refractivity contribution in [2.45, 2.75) is 32.1 Å². The van der Waals surface area contributed by atoms with Crippen LogP contribution in [0.3, 0.4) is 0 Å². The van der Waals surface area contributed by atoms with Crippen molar-refractivity contribution in [3.8, 4) is 11.5 Å². The van der Waals surface area contributed by atoms with Crippen molar-refractivity contribution >= 4 is 34.1 Å². The van der Waals surface area contributed by atoms with Crippen LogP contribution in [-0.4, -0.2) is 43.3 Å². The first-order valence-electron chi connectivity index (χ1n) is 12.7. The zero-order valence-corrected chi connectivity index (χ0v) is 21.5. The molecule has 0 spiro atoms. The van der Waals surface area contributed by atoms with E-state index in [0.717, 1.165) is 43.7 Å². The summed E-state index contributed by atoms with van der Waals surface area (Å²) in [5.41, 5.74) is 5.94. The van der Waals surface area contributed by atoms with Gasteiger partial charge in [-0.3, -0.25) is 0 Å². The number of nitrogens with zero attached hydrogens (tertiary/aromatic N) is 2. The molecule has 0 radical (unpaired) electrons. The topological polar surface area (TPSA) is 91.5 Å². The second-order valence-corrected chi connectivity index (χ2v) is 9.25. The van der Waals surface area contributed by atoms with Gasteiger partial charge < -0.3 is 30.0 Å². The number of ether oxygens (including phenoxy) is 2. The molecule has 1 fully saturated rings. The number of hydrogen-bond donors (Lipinski definition) is 3. The van der Waals surface area contributed by atoms with Gasteiger partial charge in [-0.25, -0.2) is 9.78 Å². The number of amides is 2. The van der Waals surface area contributed by atoms with E-state index in [1.54, 1.807) is 26.4 Å². The Morgan fingerprint density at radius 3 is 2.65 bits per heavy atom. The van der Waals surface area contributed by atoms with Crippen molar-refractivity contribution in [1.29, 1.82) is 0 Å². The highest BCUT2D eigenvalue weighted by Gasteiger charge is 2.25. The molecule has 4 aromatic rings. The molecule has 5 rings (SSSR count). The number of pyridine rings is 1. The SMILES string of the molecule is CCc1cnc2[nH]ccc2c1N1CCCC(c2cccc(NC(=O)Nc3c(OC)cccc3OC)c2)C1. The Morgan fingerprint density at radius 1 is 1.11 bits per heavy atom. The fourth-order valence-corrected chi connectivity index (χ4v) is 5.24. The van der Waals surface area contributed by atoms with Gasteiger partial charge in [0.2, 0.25) is 0 Å². The number of para-hydroxylation sites is 1. The Bertz CT molecular complexity index is 1380. The quantitative estimate of drug-likeness (QED) is 0.283. The van der Waals surface area contributed by atoms with Gasteiger partial charge in [-0.15, -0.1) is 0 Å². The van der Waals surface area contributed by atoms with Crippen molar-refractivity contribution in [2.24, 2.45) is 0 Å². The van der Waals surface area contributed by atoms with Gasteiger partial charge in [-0.05, 0) is 60.7 Å². The molecule has 0 aliphatic carbocycles. The van der Waals surface area contributed by atoms with Crippen LogP contribution in [0.2, 0.25) is 0 Å². The molecule has 37 heavy (non-hydrogen) atoms. The number of carbonyl (C=O) groups excluding carboxylic acids is 1. The monoisotopic (exact) mass is 499 g/mol.